The van der Waals surface area contributed by atoms with Crippen LogP contribution in [-0.2, 0) is 11.2 Å². The van der Waals surface area contributed by atoms with E-state index in [-0.39, 0.29) is 24.5 Å². The van der Waals surface area contributed by atoms with E-state index in [0.29, 0.717) is 0 Å². The van der Waals surface area contributed by atoms with Crippen LogP contribution in [0.3, 0.4) is 0 Å². The van der Waals surface area contributed by atoms with Gasteiger partial charge in [0, 0.05) is 11.6 Å². The number of fused-ring (bicyclic) bond motifs is 3. The highest BCUT2D eigenvalue weighted by Crippen LogP contribution is 2.43. The number of rotatable bonds is 1. The van der Waals surface area contributed by atoms with Gasteiger partial charge in [0.15, 0.2) is 11.5 Å². The van der Waals surface area contributed by atoms with E-state index in [1.54, 1.807) is 6.92 Å². The highest BCUT2D eigenvalue weighted by atomic mass is 16.7. The number of ketones is 1. The fraction of sp³-hybridized carbons (Fsp3) is 0.462. The Morgan fingerprint density at radius 2 is 2.24 bits per heavy atom. The number of benzene rings is 1. The smallest absolute Gasteiger partial charge is 0.231 e. The van der Waals surface area contributed by atoms with Gasteiger partial charge in [0.25, 0.3) is 0 Å². The third-order valence-electron chi connectivity index (χ3n) is 3.61. The van der Waals surface area contributed by atoms with Crippen LogP contribution in [0.25, 0.3) is 0 Å². The van der Waals surface area contributed by atoms with Crippen molar-refractivity contribution in [2.24, 2.45) is 5.73 Å². The highest BCUT2D eigenvalue weighted by Gasteiger charge is 2.34. The second kappa shape index (κ2) is 3.74. The first-order valence-corrected chi connectivity index (χ1v) is 5.86. The predicted molar refractivity (Wildman–Crippen MR) is 62.3 cm³/mol. The average molecular weight is 233 g/mol. The molecule has 17 heavy (non-hydrogen) atoms. The SMILES string of the molecule is CC(=O)[C@@H]1c2ccc3c(c2CC[C@H]1N)OCO3. The molecule has 90 valence electrons. The summed E-state index contributed by atoms with van der Waals surface area (Å²) in [6.45, 7) is 1.87. The van der Waals surface area contributed by atoms with Gasteiger partial charge in [-0.1, -0.05) is 6.07 Å². The molecule has 0 radical (unpaired) electrons. The molecule has 0 unspecified atom stereocenters. The maximum absolute atomic E-state index is 11.7. The molecule has 4 nitrogen and oxygen atoms in total. The molecule has 0 spiro atoms. The Morgan fingerprint density at radius 1 is 1.41 bits per heavy atom. The van der Waals surface area contributed by atoms with Crippen LogP contribution in [0.2, 0.25) is 0 Å². The molecule has 1 aromatic rings. The van der Waals surface area contributed by atoms with Gasteiger partial charge in [0.1, 0.15) is 5.78 Å². The number of hydrogen-bond acceptors (Lipinski definition) is 4. The number of carbonyl (C=O) groups excluding carboxylic acids is 1. The van der Waals surface area contributed by atoms with Gasteiger partial charge in [-0.15, -0.1) is 0 Å². The minimum Gasteiger partial charge on any atom is -0.454 e. The number of carbonyl (C=O) groups is 1. The summed E-state index contributed by atoms with van der Waals surface area (Å²) in [7, 11) is 0. The molecule has 0 saturated carbocycles. The molecule has 0 saturated heterocycles. The van der Waals surface area contributed by atoms with Crippen molar-refractivity contribution >= 4 is 5.78 Å². The third kappa shape index (κ3) is 1.52. The summed E-state index contributed by atoms with van der Waals surface area (Å²) in [5.74, 6) is 1.51. The first kappa shape index (κ1) is 10.6. The van der Waals surface area contributed by atoms with Gasteiger partial charge in [-0.05, 0) is 31.4 Å². The zero-order chi connectivity index (χ0) is 12.0. The van der Waals surface area contributed by atoms with E-state index in [0.717, 1.165) is 35.5 Å². The van der Waals surface area contributed by atoms with Crippen LogP contribution in [0.5, 0.6) is 11.5 Å². The Labute approximate surface area is 99.7 Å². The summed E-state index contributed by atoms with van der Waals surface area (Å²) in [5.41, 5.74) is 8.16. The lowest BCUT2D eigenvalue weighted by molar-refractivity contribution is -0.119. The number of hydrogen-bond donors (Lipinski definition) is 1. The third-order valence-corrected chi connectivity index (χ3v) is 3.61. The molecule has 3 rings (SSSR count). The van der Waals surface area contributed by atoms with Crippen molar-refractivity contribution in [2.75, 3.05) is 6.79 Å². The molecule has 1 aromatic carbocycles. The van der Waals surface area contributed by atoms with E-state index in [4.69, 9.17) is 15.2 Å². The zero-order valence-corrected chi connectivity index (χ0v) is 9.73. The molecule has 0 fully saturated rings. The first-order chi connectivity index (χ1) is 8.18. The van der Waals surface area contributed by atoms with Gasteiger partial charge in [-0.3, -0.25) is 4.79 Å². The van der Waals surface area contributed by atoms with Crippen LogP contribution in [0.4, 0.5) is 0 Å². The topological polar surface area (TPSA) is 61.6 Å². The van der Waals surface area contributed by atoms with Crippen molar-refractivity contribution in [3.8, 4) is 11.5 Å². The molecule has 1 heterocycles. The first-order valence-electron chi connectivity index (χ1n) is 5.86. The van der Waals surface area contributed by atoms with Gasteiger partial charge in [0.05, 0.1) is 5.92 Å². The fourth-order valence-corrected chi connectivity index (χ4v) is 2.82. The largest absolute Gasteiger partial charge is 0.454 e. The quantitative estimate of drug-likeness (QED) is 0.795. The molecule has 4 heteroatoms. The molecule has 1 aliphatic carbocycles. The van der Waals surface area contributed by atoms with E-state index < -0.39 is 0 Å². The maximum Gasteiger partial charge on any atom is 0.231 e. The van der Waals surface area contributed by atoms with Crippen LogP contribution >= 0.6 is 0 Å². The summed E-state index contributed by atoms with van der Waals surface area (Å²) >= 11 is 0. The van der Waals surface area contributed by atoms with Gasteiger partial charge in [0.2, 0.25) is 6.79 Å². The normalized spacial score (nSPS) is 25.5. The Bertz CT molecular complexity index is 484. The summed E-state index contributed by atoms with van der Waals surface area (Å²) in [6.07, 6.45) is 1.67. The lowest BCUT2D eigenvalue weighted by atomic mass is 9.77. The van der Waals surface area contributed by atoms with Crippen molar-refractivity contribution in [3.05, 3.63) is 23.3 Å². The Morgan fingerprint density at radius 3 is 3.00 bits per heavy atom. The lowest BCUT2D eigenvalue weighted by Gasteiger charge is -2.29. The molecule has 0 aromatic heterocycles. The van der Waals surface area contributed by atoms with E-state index >= 15 is 0 Å². The van der Waals surface area contributed by atoms with Crippen LogP contribution in [0.15, 0.2) is 12.1 Å². The molecule has 0 bridgehead atoms. The molecule has 2 aliphatic rings. The monoisotopic (exact) mass is 233 g/mol. The second-order valence-electron chi connectivity index (χ2n) is 4.66. The minimum atomic E-state index is -0.201. The van der Waals surface area contributed by atoms with E-state index in [1.807, 2.05) is 12.1 Å². The maximum atomic E-state index is 11.7. The molecule has 2 atom stereocenters. The van der Waals surface area contributed by atoms with Crippen LogP contribution in [0, 0.1) is 0 Å². The minimum absolute atomic E-state index is 0.0830. The van der Waals surface area contributed by atoms with Crippen molar-refractivity contribution in [3.63, 3.8) is 0 Å². The van der Waals surface area contributed by atoms with Gasteiger partial charge < -0.3 is 15.2 Å². The lowest BCUT2D eigenvalue weighted by Crippen LogP contribution is -2.36. The molecule has 0 amide bonds. The molecule has 2 N–H and O–H groups in total. The second-order valence-corrected chi connectivity index (χ2v) is 4.66. The number of ether oxygens (including phenoxy) is 2. The van der Waals surface area contributed by atoms with Crippen LogP contribution < -0.4 is 15.2 Å². The van der Waals surface area contributed by atoms with E-state index in [1.165, 1.54) is 0 Å². The molecule has 1 aliphatic heterocycles. The van der Waals surface area contributed by atoms with Crippen molar-refractivity contribution in [1.82, 2.24) is 0 Å². The number of Topliss-reactive ketones (excluding diaryl/α,β-unsaturated/α-hetero) is 1. The van der Waals surface area contributed by atoms with Crippen molar-refractivity contribution in [1.29, 1.82) is 0 Å². The zero-order valence-electron chi connectivity index (χ0n) is 9.73. The van der Waals surface area contributed by atoms with Gasteiger partial charge in [-0.2, -0.15) is 0 Å². The molecular weight excluding hydrogens is 218 g/mol. The Balaban J connectivity index is 2.14. The van der Waals surface area contributed by atoms with Crippen LogP contribution in [-0.4, -0.2) is 18.6 Å². The van der Waals surface area contributed by atoms with Crippen molar-refractivity contribution in [2.45, 2.75) is 31.7 Å². The number of nitrogens with two attached hydrogens (primary N) is 1. The van der Waals surface area contributed by atoms with Gasteiger partial charge >= 0.3 is 0 Å². The Hall–Kier alpha value is -1.55. The van der Waals surface area contributed by atoms with Crippen LogP contribution in [0.1, 0.15) is 30.4 Å². The van der Waals surface area contributed by atoms with Gasteiger partial charge in [-0.25, -0.2) is 0 Å². The fourth-order valence-electron chi connectivity index (χ4n) is 2.82. The summed E-state index contributed by atoms with van der Waals surface area (Å²) in [5, 5.41) is 0. The van der Waals surface area contributed by atoms with E-state index in [9.17, 15) is 4.79 Å². The standard InChI is InChI=1S/C13H15NO3/c1-7(15)12-8-3-5-11-13(17-6-16-11)9(8)2-4-10(12)14/h3,5,10,12H,2,4,6,14H2,1H3/t10-,12-/m1/s1. The van der Waals surface area contributed by atoms with E-state index in [2.05, 4.69) is 0 Å². The average Bonchev–Trinajstić information content (AvgIpc) is 2.75. The van der Waals surface area contributed by atoms with Crippen molar-refractivity contribution < 1.29 is 14.3 Å². The summed E-state index contributed by atoms with van der Waals surface area (Å²) in [4.78, 5) is 11.7. The Kier molecular flexibility index (Phi) is 2.33. The highest BCUT2D eigenvalue weighted by molar-refractivity contribution is 5.85. The summed E-state index contributed by atoms with van der Waals surface area (Å²) in [6, 6.07) is 3.74. The predicted octanol–water partition coefficient (Wildman–Crippen LogP) is 1.36. The summed E-state index contributed by atoms with van der Waals surface area (Å²) < 4.78 is 10.8. The molecular formula is C13H15NO3.